The van der Waals surface area contributed by atoms with Crippen molar-refractivity contribution in [3.05, 3.63) is 42.0 Å². The van der Waals surface area contributed by atoms with Crippen molar-refractivity contribution >= 4 is 23.4 Å². The molecule has 0 saturated heterocycles. The predicted molar refractivity (Wildman–Crippen MR) is 102 cm³/mol. The molecule has 6 heteroatoms. The summed E-state index contributed by atoms with van der Waals surface area (Å²) in [5, 5.41) is 2.83. The van der Waals surface area contributed by atoms with Crippen molar-refractivity contribution in [2.75, 3.05) is 25.0 Å². The normalized spacial score (nSPS) is 13.4. The van der Waals surface area contributed by atoms with Gasteiger partial charge in [-0.3, -0.25) is 14.4 Å². The van der Waals surface area contributed by atoms with Crippen LogP contribution < -0.4 is 10.2 Å². The smallest absolute Gasteiger partial charge is 0.246 e. The minimum Gasteiger partial charge on any atom is -0.354 e. The Bertz CT molecular complexity index is 712. The van der Waals surface area contributed by atoms with Gasteiger partial charge in [-0.15, -0.1) is 0 Å². The summed E-state index contributed by atoms with van der Waals surface area (Å²) >= 11 is 0. The third kappa shape index (κ3) is 4.71. The van der Waals surface area contributed by atoms with Crippen LogP contribution in [0.25, 0.3) is 0 Å². The van der Waals surface area contributed by atoms with E-state index in [0.717, 1.165) is 16.8 Å². The fraction of sp³-hybridized carbons (Fsp3) is 0.450. The summed E-state index contributed by atoms with van der Waals surface area (Å²) in [5.41, 5.74) is 3.04. The summed E-state index contributed by atoms with van der Waals surface area (Å²) in [7, 11) is 1.78. The Morgan fingerprint density at radius 3 is 2.73 bits per heavy atom. The van der Waals surface area contributed by atoms with Crippen molar-refractivity contribution in [1.82, 2.24) is 10.2 Å². The molecule has 0 atom stereocenters. The molecular weight excluding hydrogens is 330 g/mol. The molecule has 1 aromatic carbocycles. The van der Waals surface area contributed by atoms with Gasteiger partial charge in [0, 0.05) is 44.7 Å². The summed E-state index contributed by atoms with van der Waals surface area (Å²) < 4.78 is 0. The Balaban J connectivity index is 2.06. The van der Waals surface area contributed by atoms with Crippen LogP contribution in [0, 0.1) is 5.92 Å². The minimum absolute atomic E-state index is 0.0301. The van der Waals surface area contributed by atoms with Gasteiger partial charge in [0.15, 0.2) is 0 Å². The monoisotopic (exact) mass is 357 g/mol. The first-order chi connectivity index (χ1) is 12.3. The lowest BCUT2D eigenvalue weighted by atomic mass is 9.99. The summed E-state index contributed by atoms with van der Waals surface area (Å²) in [4.78, 5) is 39.0. The Morgan fingerprint density at radius 1 is 1.35 bits per heavy atom. The number of benzene rings is 1. The van der Waals surface area contributed by atoms with E-state index in [1.54, 1.807) is 16.8 Å². The fourth-order valence-electron chi connectivity index (χ4n) is 2.94. The van der Waals surface area contributed by atoms with Gasteiger partial charge >= 0.3 is 0 Å². The lowest BCUT2D eigenvalue weighted by Crippen LogP contribution is -2.38. The van der Waals surface area contributed by atoms with E-state index in [1.165, 1.54) is 6.08 Å². The highest BCUT2D eigenvalue weighted by molar-refractivity contribution is 5.95. The molecule has 26 heavy (non-hydrogen) atoms. The second kappa shape index (κ2) is 8.65. The van der Waals surface area contributed by atoms with E-state index in [2.05, 4.69) is 11.9 Å². The summed E-state index contributed by atoms with van der Waals surface area (Å²) in [6.07, 6.45) is 2.50. The van der Waals surface area contributed by atoms with E-state index in [0.29, 0.717) is 32.5 Å². The molecule has 0 radical (unpaired) electrons. The van der Waals surface area contributed by atoms with Crippen molar-refractivity contribution in [1.29, 1.82) is 0 Å². The fourth-order valence-corrected chi connectivity index (χ4v) is 2.94. The number of nitrogens with one attached hydrogen (secondary N) is 1. The van der Waals surface area contributed by atoms with Crippen LogP contribution in [0.2, 0.25) is 0 Å². The zero-order valence-corrected chi connectivity index (χ0v) is 15.7. The second-order valence-electron chi connectivity index (χ2n) is 6.83. The third-order valence-corrected chi connectivity index (χ3v) is 4.55. The van der Waals surface area contributed by atoms with E-state index in [9.17, 15) is 14.4 Å². The second-order valence-corrected chi connectivity index (χ2v) is 6.83. The Morgan fingerprint density at radius 2 is 2.08 bits per heavy atom. The minimum atomic E-state index is -0.172. The van der Waals surface area contributed by atoms with Crippen molar-refractivity contribution in [3.63, 3.8) is 0 Å². The number of nitrogens with zero attached hydrogens (tertiary/aromatic N) is 2. The van der Waals surface area contributed by atoms with Crippen LogP contribution in [-0.2, 0) is 27.3 Å². The predicted octanol–water partition coefficient (Wildman–Crippen LogP) is 1.88. The first-order valence-electron chi connectivity index (χ1n) is 8.91. The molecule has 0 spiro atoms. The highest BCUT2D eigenvalue weighted by Gasteiger charge is 2.21. The lowest BCUT2D eigenvalue weighted by Gasteiger charge is -2.27. The van der Waals surface area contributed by atoms with E-state index in [4.69, 9.17) is 0 Å². The van der Waals surface area contributed by atoms with Crippen LogP contribution in [0.4, 0.5) is 5.69 Å². The topological polar surface area (TPSA) is 69.7 Å². The van der Waals surface area contributed by atoms with Gasteiger partial charge in [-0.25, -0.2) is 0 Å². The summed E-state index contributed by atoms with van der Waals surface area (Å²) in [6, 6.07) is 5.91. The van der Waals surface area contributed by atoms with Crippen LogP contribution in [0.5, 0.6) is 0 Å². The molecule has 0 bridgehead atoms. The van der Waals surface area contributed by atoms with Gasteiger partial charge in [-0.1, -0.05) is 32.6 Å². The number of rotatable bonds is 7. The summed E-state index contributed by atoms with van der Waals surface area (Å²) in [6.45, 7) is 8.48. The number of fused-ring (bicyclic) bond motifs is 1. The van der Waals surface area contributed by atoms with Gasteiger partial charge in [0.1, 0.15) is 0 Å². The molecule has 1 aliphatic rings. The molecule has 1 N–H and O–H groups in total. The number of amides is 3. The van der Waals surface area contributed by atoms with Crippen molar-refractivity contribution < 1.29 is 14.4 Å². The average Bonchev–Trinajstić information content (AvgIpc) is 2.63. The van der Waals surface area contributed by atoms with Gasteiger partial charge in [0.2, 0.25) is 17.7 Å². The van der Waals surface area contributed by atoms with Crippen LogP contribution in [0.15, 0.2) is 30.9 Å². The zero-order valence-electron chi connectivity index (χ0n) is 15.7. The molecule has 0 saturated carbocycles. The number of carbonyl (C=O) groups excluding carboxylic acids is 3. The first kappa shape index (κ1) is 19.7. The molecular formula is C20H27N3O3. The Labute approximate surface area is 154 Å². The number of hydrogen-bond donors (Lipinski definition) is 1. The standard InChI is InChI=1S/C20H27N3O3/c1-5-18(24)23(11-10-21-20(26)14(2)3)13-15-6-8-17-16(12-15)7-9-19(25)22(17)4/h5-6,8,12,14H,1,7,9-11,13H2,2-4H3,(H,21,26). The van der Waals surface area contributed by atoms with E-state index < -0.39 is 0 Å². The SMILES string of the molecule is C=CC(=O)N(CCNC(=O)C(C)C)Cc1ccc2c(c1)CCC(=O)N2C. The molecule has 3 amide bonds. The van der Waals surface area contributed by atoms with Crippen LogP contribution in [-0.4, -0.2) is 42.8 Å². The molecule has 2 rings (SSSR count). The Hall–Kier alpha value is -2.63. The van der Waals surface area contributed by atoms with Crippen molar-refractivity contribution in [2.24, 2.45) is 5.92 Å². The molecule has 0 aromatic heterocycles. The molecule has 0 unspecified atom stereocenters. The highest BCUT2D eigenvalue weighted by Crippen LogP contribution is 2.27. The van der Waals surface area contributed by atoms with Gasteiger partial charge in [-0.05, 0) is 29.7 Å². The van der Waals surface area contributed by atoms with Gasteiger partial charge < -0.3 is 15.1 Å². The van der Waals surface area contributed by atoms with Crippen molar-refractivity contribution in [3.8, 4) is 0 Å². The third-order valence-electron chi connectivity index (χ3n) is 4.55. The number of anilines is 1. The maximum absolute atomic E-state index is 12.2. The lowest BCUT2D eigenvalue weighted by molar-refractivity contribution is -0.128. The average molecular weight is 357 g/mol. The molecule has 0 aliphatic carbocycles. The largest absolute Gasteiger partial charge is 0.354 e. The quantitative estimate of drug-likeness (QED) is 0.758. The van der Waals surface area contributed by atoms with Crippen LogP contribution in [0.3, 0.4) is 0 Å². The number of carbonyl (C=O) groups is 3. The van der Waals surface area contributed by atoms with Crippen LogP contribution >= 0.6 is 0 Å². The maximum Gasteiger partial charge on any atom is 0.246 e. The van der Waals surface area contributed by atoms with Gasteiger partial charge in [-0.2, -0.15) is 0 Å². The molecule has 0 fully saturated rings. The number of hydrogen-bond acceptors (Lipinski definition) is 3. The van der Waals surface area contributed by atoms with E-state index >= 15 is 0 Å². The molecule has 6 nitrogen and oxygen atoms in total. The first-order valence-corrected chi connectivity index (χ1v) is 8.91. The molecule has 1 aromatic rings. The van der Waals surface area contributed by atoms with Gasteiger partial charge in [0.25, 0.3) is 0 Å². The molecule has 140 valence electrons. The van der Waals surface area contributed by atoms with E-state index in [1.807, 2.05) is 32.0 Å². The molecule has 1 heterocycles. The number of aryl methyl sites for hydroxylation is 1. The van der Waals surface area contributed by atoms with Crippen molar-refractivity contribution in [2.45, 2.75) is 33.2 Å². The highest BCUT2D eigenvalue weighted by atomic mass is 16.2. The molecule has 1 aliphatic heterocycles. The van der Waals surface area contributed by atoms with E-state index in [-0.39, 0.29) is 23.6 Å². The maximum atomic E-state index is 12.2. The summed E-state index contributed by atoms with van der Waals surface area (Å²) in [5.74, 6) is -0.167. The zero-order chi connectivity index (χ0) is 19.3. The van der Waals surface area contributed by atoms with Gasteiger partial charge in [0.05, 0.1) is 0 Å². The van der Waals surface area contributed by atoms with Crippen LogP contribution in [0.1, 0.15) is 31.4 Å². The Kier molecular flexibility index (Phi) is 6.55.